The molecule has 2 aliphatic heterocycles. The summed E-state index contributed by atoms with van der Waals surface area (Å²) in [6.45, 7) is 0.360. The molecule has 9 aromatic rings. The van der Waals surface area contributed by atoms with Crippen LogP contribution in [0.2, 0.25) is 0 Å². The Labute approximate surface area is 503 Å². The Hall–Kier alpha value is -8.23. The fourth-order valence-corrected chi connectivity index (χ4v) is 14.1. The van der Waals surface area contributed by atoms with Gasteiger partial charge >= 0.3 is 15.5 Å². The molecule has 87 heavy (non-hydrogen) atoms. The third-order valence-electron chi connectivity index (χ3n) is 14.1. The predicted octanol–water partition coefficient (Wildman–Crippen LogP) is 13.7. The normalized spacial score (nSPS) is 18.1. The molecule has 23 heteroatoms. The number of fused-ring (bicyclic) bond motifs is 2. The zero-order valence-electron chi connectivity index (χ0n) is 47.4. The molecule has 6 atom stereocenters. The summed E-state index contributed by atoms with van der Waals surface area (Å²) in [4.78, 5) is 24.3. The summed E-state index contributed by atoms with van der Waals surface area (Å²) in [6, 6.07) is 66.4. The fraction of sp³-hybridized carbons (Fsp3) is 0.250. The van der Waals surface area contributed by atoms with Crippen molar-refractivity contribution < 1.29 is 50.9 Å². The van der Waals surface area contributed by atoms with E-state index in [4.69, 9.17) is 67.3 Å². The maximum absolute atomic E-state index is 16.5. The first kappa shape index (κ1) is 60.5. The van der Waals surface area contributed by atoms with Crippen LogP contribution in [0.3, 0.4) is 0 Å². The van der Waals surface area contributed by atoms with Gasteiger partial charge in [-0.05, 0) is 38.9 Å². The monoisotopic (exact) mass is 1210 g/mol. The van der Waals surface area contributed by atoms with Crippen molar-refractivity contribution >= 4 is 38.9 Å². The molecule has 0 radical (unpaired) electrons. The smallest absolute Gasteiger partial charge is 0.418 e. The molecule has 0 bridgehead atoms. The molecule has 21 nitrogen and oxygen atoms in total. The van der Waals surface area contributed by atoms with Gasteiger partial charge < -0.3 is 28.6 Å². The van der Waals surface area contributed by atoms with E-state index in [1.807, 2.05) is 188 Å². The molecule has 11 rings (SSSR count). The summed E-state index contributed by atoms with van der Waals surface area (Å²) in [6.07, 6.45) is -1.39. The molecule has 0 aliphatic carbocycles. The van der Waals surface area contributed by atoms with Crippen molar-refractivity contribution in [3.63, 3.8) is 0 Å². The van der Waals surface area contributed by atoms with E-state index in [-0.39, 0.29) is 75.7 Å². The first-order chi connectivity index (χ1) is 42.8. The average Bonchev–Trinajstić information content (AvgIpc) is 1.78. The van der Waals surface area contributed by atoms with E-state index in [1.54, 1.807) is 17.2 Å². The fourth-order valence-electron chi connectivity index (χ4n) is 9.79. The van der Waals surface area contributed by atoms with E-state index < -0.39 is 52.9 Å². The van der Waals surface area contributed by atoms with Gasteiger partial charge in [-0.1, -0.05) is 217 Å². The molecule has 7 aromatic carbocycles. The summed E-state index contributed by atoms with van der Waals surface area (Å²) in [5.74, 6) is 0.170. The van der Waals surface area contributed by atoms with Gasteiger partial charge in [0.25, 0.3) is 5.95 Å². The number of imidazole rings is 1. The molecule has 446 valence electrons. The molecule has 0 saturated carbocycles. The molecule has 0 spiro atoms. The topological polar surface area (TPSA) is 228 Å². The van der Waals surface area contributed by atoms with Gasteiger partial charge in [0.15, 0.2) is 23.7 Å². The Bertz CT molecular complexity index is 3680. The minimum atomic E-state index is -4.87. The van der Waals surface area contributed by atoms with Gasteiger partial charge in [0.1, 0.15) is 24.9 Å². The number of azide groups is 1. The van der Waals surface area contributed by atoms with Crippen molar-refractivity contribution in [2.24, 2.45) is 10.1 Å². The second kappa shape index (κ2) is 29.9. The quantitative estimate of drug-likeness (QED) is 0.00748. The molecule has 2 fully saturated rings. The van der Waals surface area contributed by atoms with Crippen LogP contribution in [-0.2, 0) is 85.6 Å². The molecule has 2 unspecified atom stereocenters. The van der Waals surface area contributed by atoms with Crippen molar-refractivity contribution in [2.45, 2.75) is 70.3 Å². The number of hydrogen-bond donors (Lipinski definition) is 0. The van der Waals surface area contributed by atoms with Crippen LogP contribution >= 0.6 is 15.5 Å². The lowest BCUT2D eigenvalue weighted by Crippen LogP contribution is -2.32. The highest BCUT2D eigenvalue weighted by Crippen LogP contribution is 2.70. The van der Waals surface area contributed by atoms with Gasteiger partial charge in [-0.25, -0.2) is 19.1 Å². The zero-order valence-corrected chi connectivity index (χ0v) is 49.2. The number of aliphatic imine (C=N–C) groups is 1. The van der Waals surface area contributed by atoms with Gasteiger partial charge in [-0.3, -0.25) is 22.7 Å². The molecule has 2 aromatic heterocycles. The van der Waals surface area contributed by atoms with E-state index in [1.165, 1.54) is 0 Å². The van der Waals surface area contributed by atoms with Crippen LogP contribution in [0.25, 0.3) is 21.6 Å². The van der Waals surface area contributed by atoms with E-state index in [2.05, 4.69) is 39.2 Å². The number of benzene rings is 7. The van der Waals surface area contributed by atoms with Gasteiger partial charge in [0, 0.05) is 36.7 Å². The Morgan fingerprint density at radius 2 is 1.05 bits per heavy atom. The number of rotatable bonds is 31. The first-order valence-electron chi connectivity index (χ1n) is 28.3. The highest BCUT2D eigenvalue weighted by Gasteiger charge is 2.56. The van der Waals surface area contributed by atoms with Crippen molar-refractivity contribution in [3.05, 3.63) is 268 Å². The molecular weight excluding hydrogens is 1150 g/mol. The number of ether oxygens (including phenoxy) is 5. The molecule has 0 amide bonds. The third-order valence-corrected chi connectivity index (χ3v) is 18.6. The summed E-state index contributed by atoms with van der Waals surface area (Å²) in [5.41, 5.74) is 14.9. The highest BCUT2D eigenvalue weighted by molar-refractivity contribution is 7.66. The van der Waals surface area contributed by atoms with E-state index >= 15 is 9.13 Å². The molecule has 4 heterocycles. The lowest BCUT2D eigenvalue weighted by molar-refractivity contribution is -0.152. The van der Waals surface area contributed by atoms with Crippen molar-refractivity contribution in [1.82, 2.24) is 28.9 Å². The minimum Gasteiger partial charge on any atom is -0.474 e. The van der Waals surface area contributed by atoms with Crippen LogP contribution in [0.15, 0.2) is 229 Å². The summed E-state index contributed by atoms with van der Waals surface area (Å²) in [5, 5.41) is 3.55. The van der Waals surface area contributed by atoms with Crippen molar-refractivity contribution in [3.8, 4) is 5.88 Å². The zero-order chi connectivity index (χ0) is 59.5. The predicted molar refractivity (Wildman–Crippen MR) is 326 cm³/mol. The summed E-state index contributed by atoms with van der Waals surface area (Å²) < 4.78 is 94.0. The largest absolute Gasteiger partial charge is 0.474 e. The Morgan fingerprint density at radius 3 is 1.57 bits per heavy atom. The number of nitrogens with zero attached hydrogens (tertiary/aromatic N) is 10. The average molecular weight is 1210 g/mol. The molecule has 2 aliphatic rings. The van der Waals surface area contributed by atoms with Crippen molar-refractivity contribution in [1.29, 1.82) is 0 Å². The van der Waals surface area contributed by atoms with Crippen LogP contribution in [0.5, 0.6) is 5.88 Å². The Balaban J connectivity index is 0.956. The van der Waals surface area contributed by atoms with Crippen LogP contribution in [0.4, 0.5) is 5.95 Å². The lowest BCUT2D eigenvalue weighted by Gasteiger charge is -2.35. The summed E-state index contributed by atoms with van der Waals surface area (Å²) in [7, 11) is -9.58. The van der Waals surface area contributed by atoms with Crippen molar-refractivity contribution in [2.75, 3.05) is 33.0 Å². The molecular formula is C64H64N10O11P2. The number of aromatic nitrogens is 4. The molecule has 0 N–H and O–H groups in total. The van der Waals surface area contributed by atoms with E-state index in [9.17, 15) is 0 Å². The second-order valence-electron chi connectivity index (χ2n) is 20.2. The van der Waals surface area contributed by atoms with Crippen LogP contribution in [0, 0.1) is 0 Å². The Kier molecular flexibility index (Phi) is 20.8. The first-order valence-corrected chi connectivity index (χ1v) is 31.3. The van der Waals surface area contributed by atoms with Crippen LogP contribution in [0.1, 0.15) is 51.5 Å². The highest BCUT2D eigenvalue weighted by atomic mass is 31.3. The minimum absolute atomic E-state index is 0.0539. The van der Waals surface area contributed by atoms with Crippen LogP contribution < -0.4 is 4.74 Å². The van der Waals surface area contributed by atoms with Gasteiger partial charge in [-0.2, -0.15) is 9.97 Å². The second-order valence-corrected chi connectivity index (χ2v) is 24.4. The summed E-state index contributed by atoms with van der Waals surface area (Å²) >= 11 is 0. The SMILES string of the molecule is [N-]=[N+]=NCCOCCOc1nc(/N=C/N(Cc2ccccc2)Cc2ccccc2)nc2c1ncn2[C@@H]1O[C@H](COP(=O)(OCc2ccccc2)N(Cc2ccccc2)P(=O)(OCc2ccccc2)OCc2ccccc2)[C@H]2OC(c3ccccc3)O[C@H]21. The van der Waals surface area contributed by atoms with Gasteiger partial charge in [0.05, 0.1) is 52.3 Å². The van der Waals surface area contributed by atoms with E-state index in [0.717, 1.165) is 21.1 Å². The lowest BCUT2D eigenvalue weighted by atomic mass is 10.1. The van der Waals surface area contributed by atoms with Gasteiger partial charge in [0.2, 0.25) is 5.88 Å². The van der Waals surface area contributed by atoms with E-state index in [0.29, 0.717) is 35.3 Å². The van der Waals surface area contributed by atoms with Gasteiger partial charge in [-0.15, -0.1) is 4.44 Å². The van der Waals surface area contributed by atoms with Crippen LogP contribution in [-0.4, -0.2) is 86.5 Å². The maximum atomic E-state index is 16.5. The molecule has 2 saturated heterocycles. The Morgan fingerprint density at radius 1 is 0.563 bits per heavy atom. The number of hydrogen-bond acceptors (Lipinski definition) is 16. The maximum Gasteiger partial charge on any atom is 0.418 e. The standard InChI is InChI=1S/C64H64N10O11P2/c65-71-68-36-37-77-38-39-78-61-57-60(69-64(70-61)67-47-72(40-49-22-8-1-9-23-49)41-50-24-10-2-11-25-50)73(48-66-57)62-59-58(84-63(85-59)55-34-20-7-21-35-55)56(83-62)46-82-87(76,81-45-54-32-18-6-19-33-54)74(42-51-26-12-3-13-27-51)86(75,79-43-52-28-14-4-15-29-52)80-44-53-30-16-5-17-31-53/h1-35,47-48,56,58-59,62-63H,36-46H2/b67-47+/t56-,58-,59-,62-,63?,87?/m1/s1. The third kappa shape index (κ3) is 16.1.